The van der Waals surface area contributed by atoms with Crippen LogP contribution in [0.15, 0.2) is 36.7 Å². The van der Waals surface area contributed by atoms with E-state index in [1.807, 2.05) is 0 Å². The summed E-state index contributed by atoms with van der Waals surface area (Å²) >= 11 is 0. The van der Waals surface area contributed by atoms with Crippen molar-refractivity contribution in [2.75, 3.05) is 48.0 Å². The van der Waals surface area contributed by atoms with Crippen LogP contribution in [-0.4, -0.2) is 54.4 Å². The summed E-state index contributed by atoms with van der Waals surface area (Å²) < 4.78 is 0. The van der Waals surface area contributed by atoms with Crippen LogP contribution >= 0.6 is 0 Å². The Morgan fingerprint density at radius 3 is 2.84 bits per heavy atom. The zero-order chi connectivity index (χ0) is 17.2. The molecule has 0 radical (unpaired) electrons. The Balaban J connectivity index is 1.61. The standard InChI is InChI=1S/C19H25N5O/c1-22-9-10-23(12-15-5-2-3-7-17(15)22)18-11-19(21-14-20-18)24-8-4-6-16(24)13-25/h2-3,5,7,11,14,16,25H,4,6,8-10,12-13H2,1H3/t16-/m1/s1. The summed E-state index contributed by atoms with van der Waals surface area (Å²) in [7, 11) is 2.14. The number of aliphatic hydroxyl groups excluding tert-OH is 1. The molecule has 0 spiro atoms. The third-order valence-corrected chi connectivity index (χ3v) is 5.31. The van der Waals surface area contributed by atoms with E-state index < -0.39 is 0 Å². The van der Waals surface area contributed by atoms with Gasteiger partial charge in [0.1, 0.15) is 18.0 Å². The third-order valence-electron chi connectivity index (χ3n) is 5.31. The first-order valence-corrected chi connectivity index (χ1v) is 9.00. The molecule has 1 N–H and O–H groups in total. The maximum Gasteiger partial charge on any atom is 0.134 e. The molecule has 4 rings (SSSR count). The predicted molar refractivity (Wildman–Crippen MR) is 100 cm³/mol. The highest BCUT2D eigenvalue weighted by Crippen LogP contribution is 2.29. The highest BCUT2D eigenvalue weighted by atomic mass is 16.3. The fourth-order valence-corrected chi connectivity index (χ4v) is 3.88. The summed E-state index contributed by atoms with van der Waals surface area (Å²) in [6, 6.07) is 10.8. The van der Waals surface area contributed by atoms with E-state index in [0.29, 0.717) is 0 Å². The summed E-state index contributed by atoms with van der Waals surface area (Å²) in [6.07, 6.45) is 3.78. The number of aromatic nitrogens is 2. The Morgan fingerprint density at radius 2 is 1.96 bits per heavy atom. The quantitative estimate of drug-likeness (QED) is 0.922. The van der Waals surface area contributed by atoms with Gasteiger partial charge < -0.3 is 19.8 Å². The highest BCUT2D eigenvalue weighted by Gasteiger charge is 2.26. The van der Waals surface area contributed by atoms with Crippen LogP contribution < -0.4 is 14.7 Å². The zero-order valence-corrected chi connectivity index (χ0v) is 14.7. The van der Waals surface area contributed by atoms with Crippen molar-refractivity contribution in [3.63, 3.8) is 0 Å². The van der Waals surface area contributed by atoms with Gasteiger partial charge in [0.05, 0.1) is 12.6 Å². The van der Waals surface area contributed by atoms with Crippen LogP contribution in [0.25, 0.3) is 0 Å². The molecule has 2 aromatic rings. The molecule has 0 aliphatic carbocycles. The van der Waals surface area contributed by atoms with Crippen LogP contribution in [0.5, 0.6) is 0 Å². The molecule has 1 aromatic heterocycles. The number of hydrogen-bond acceptors (Lipinski definition) is 6. The van der Waals surface area contributed by atoms with Gasteiger partial charge in [-0.15, -0.1) is 0 Å². The van der Waals surface area contributed by atoms with Crippen molar-refractivity contribution in [3.05, 3.63) is 42.2 Å². The van der Waals surface area contributed by atoms with Gasteiger partial charge in [0, 0.05) is 45.0 Å². The lowest BCUT2D eigenvalue weighted by Gasteiger charge is -2.26. The van der Waals surface area contributed by atoms with Crippen LogP contribution in [0.4, 0.5) is 17.3 Å². The largest absolute Gasteiger partial charge is 0.394 e. The number of benzene rings is 1. The van der Waals surface area contributed by atoms with E-state index in [4.69, 9.17) is 0 Å². The maximum absolute atomic E-state index is 9.59. The SMILES string of the molecule is CN1CCN(c2cc(N3CCC[C@@H]3CO)ncn2)Cc2ccccc21. The van der Waals surface area contributed by atoms with Crippen molar-refractivity contribution < 1.29 is 5.11 Å². The molecule has 25 heavy (non-hydrogen) atoms. The fraction of sp³-hybridized carbons (Fsp3) is 0.474. The monoisotopic (exact) mass is 339 g/mol. The van der Waals surface area contributed by atoms with Gasteiger partial charge in [0.2, 0.25) is 0 Å². The highest BCUT2D eigenvalue weighted by molar-refractivity contribution is 5.58. The molecule has 1 fully saturated rings. The van der Waals surface area contributed by atoms with Gasteiger partial charge in [-0.3, -0.25) is 0 Å². The van der Waals surface area contributed by atoms with Gasteiger partial charge in [0.15, 0.2) is 0 Å². The molecule has 0 unspecified atom stereocenters. The molecule has 0 amide bonds. The van der Waals surface area contributed by atoms with Gasteiger partial charge >= 0.3 is 0 Å². The smallest absolute Gasteiger partial charge is 0.134 e. The van der Waals surface area contributed by atoms with E-state index >= 15 is 0 Å². The van der Waals surface area contributed by atoms with Crippen LogP contribution in [-0.2, 0) is 6.54 Å². The van der Waals surface area contributed by atoms with Crippen molar-refractivity contribution in [1.82, 2.24) is 9.97 Å². The first kappa shape index (κ1) is 16.1. The van der Waals surface area contributed by atoms with Gasteiger partial charge in [-0.1, -0.05) is 18.2 Å². The maximum atomic E-state index is 9.59. The van der Waals surface area contributed by atoms with Gasteiger partial charge in [0.25, 0.3) is 0 Å². The molecule has 2 aliphatic rings. The number of nitrogens with zero attached hydrogens (tertiary/aromatic N) is 5. The summed E-state index contributed by atoms with van der Waals surface area (Å²) in [4.78, 5) is 15.8. The second kappa shape index (κ2) is 6.88. The topological polar surface area (TPSA) is 55.7 Å². The summed E-state index contributed by atoms with van der Waals surface area (Å²) in [5, 5.41) is 9.59. The summed E-state index contributed by atoms with van der Waals surface area (Å²) in [6.45, 7) is 3.86. The Bertz CT molecular complexity index is 737. The number of anilines is 3. The van der Waals surface area contributed by atoms with Gasteiger partial charge in [-0.05, 0) is 24.5 Å². The van der Waals surface area contributed by atoms with Crippen molar-refractivity contribution in [3.8, 4) is 0 Å². The molecule has 6 nitrogen and oxygen atoms in total. The lowest BCUT2D eigenvalue weighted by atomic mass is 10.1. The lowest BCUT2D eigenvalue weighted by Crippen LogP contribution is -2.33. The number of likely N-dealkylation sites (N-methyl/N-ethyl adjacent to an activating group) is 1. The molecule has 3 heterocycles. The fourth-order valence-electron chi connectivity index (χ4n) is 3.88. The molecule has 0 bridgehead atoms. The second-order valence-corrected chi connectivity index (χ2v) is 6.88. The third kappa shape index (κ3) is 3.14. The van der Waals surface area contributed by atoms with E-state index in [0.717, 1.165) is 50.7 Å². The molecule has 0 saturated carbocycles. The van der Waals surface area contributed by atoms with Gasteiger partial charge in [-0.2, -0.15) is 0 Å². The number of rotatable bonds is 3. The summed E-state index contributed by atoms with van der Waals surface area (Å²) in [5.74, 6) is 1.88. The molecular weight excluding hydrogens is 314 g/mol. The Kier molecular flexibility index (Phi) is 4.44. The van der Waals surface area contributed by atoms with Crippen LogP contribution in [0.3, 0.4) is 0 Å². The minimum absolute atomic E-state index is 0.179. The Hall–Kier alpha value is -2.34. The predicted octanol–water partition coefficient (Wildman–Crippen LogP) is 1.89. The zero-order valence-electron chi connectivity index (χ0n) is 14.7. The minimum atomic E-state index is 0.179. The Labute approximate surface area is 148 Å². The van der Waals surface area contributed by atoms with E-state index in [2.05, 4.69) is 62.0 Å². The van der Waals surface area contributed by atoms with Crippen LogP contribution in [0.2, 0.25) is 0 Å². The molecule has 1 aromatic carbocycles. The van der Waals surface area contributed by atoms with Gasteiger partial charge in [-0.25, -0.2) is 9.97 Å². The average molecular weight is 339 g/mol. The number of fused-ring (bicyclic) bond motifs is 1. The minimum Gasteiger partial charge on any atom is -0.394 e. The molecular formula is C19H25N5O. The second-order valence-electron chi connectivity index (χ2n) is 6.88. The molecule has 132 valence electrons. The number of hydrogen-bond donors (Lipinski definition) is 1. The van der Waals surface area contributed by atoms with Crippen LogP contribution in [0.1, 0.15) is 18.4 Å². The van der Waals surface area contributed by atoms with Crippen molar-refractivity contribution in [2.45, 2.75) is 25.4 Å². The van der Waals surface area contributed by atoms with E-state index in [1.54, 1.807) is 6.33 Å². The van der Waals surface area contributed by atoms with E-state index in [9.17, 15) is 5.11 Å². The van der Waals surface area contributed by atoms with Crippen molar-refractivity contribution in [2.24, 2.45) is 0 Å². The van der Waals surface area contributed by atoms with Crippen molar-refractivity contribution >= 4 is 17.3 Å². The number of para-hydroxylation sites is 1. The number of aliphatic hydroxyl groups is 1. The average Bonchev–Trinajstić information content (AvgIpc) is 3.07. The van der Waals surface area contributed by atoms with Crippen molar-refractivity contribution in [1.29, 1.82) is 0 Å². The normalized spacial score (nSPS) is 20.6. The Morgan fingerprint density at radius 1 is 1.12 bits per heavy atom. The lowest BCUT2D eigenvalue weighted by molar-refractivity contribution is 0.266. The van der Waals surface area contributed by atoms with E-state index in [-0.39, 0.29) is 12.6 Å². The van der Waals surface area contributed by atoms with E-state index in [1.165, 1.54) is 11.3 Å². The first-order chi connectivity index (χ1) is 12.3. The molecule has 1 saturated heterocycles. The molecule has 2 aliphatic heterocycles. The molecule has 6 heteroatoms. The first-order valence-electron chi connectivity index (χ1n) is 9.00. The summed E-state index contributed by atoms with van der Waals surface area (Å²) in [5.41, 5.74) is 2.61. The van der Waals surface area contributed by atoms with Crippen LogP contribution in [0, 0.1) is 0 Å². The molecule has 1 atom stereocenters.